The maximum absolute atomic E-state index is 12.7. The number of carbonyl (C=O) groups is 1. The highest BCUT2D eigenvalue weighted by atomic mass is 79.9. The standard InChI is InChI=1S/C22H19BrN2O/c1-14-12-16(15(2)25(14)18-10-8-17(23)9-11-18)13-20-19-6-4-5-7-21(19)24(3)22(20)26/h4-13H,1-3H3/b20-13+. The predicted octanol–water partition coefficient (Wildman–Crippen LogP) is 5.37. The summed E-state index contributed by atoms with van der Waals surface area (Å²) in [6.07, 6.45) is 2.02. The Hall–Kier alpha value is -2.59. The van der Waals surface area contributed by atoms with Crippen LogP contribution in [0, 0.1) is 13.8 Å². The van der Waals surface area contributed by atoms with E-state index in [-0.39, 0.29) is 5.91 Å². The zero-order chi connectivity index (χ0) is 18.4. The highest BCUT2D eigenvalue weighted by molar-refractivity contribution is 9.10. The fourth-order valence-corrected chi connectivity index (χ4v) is 3.88. The molecule has 26 heavy (non-hydrogen) atoms. The summed E-state index contributed by atoms with van der Waals surface area (Å²) in [5, 5.41) is 0. The number of aryl methyl sites for hydroxylation is 1. The molecule has 2 aromatic carbocycles. The van der Waals surface area contributed by atoms with Crippen molar-refractivity contribution < 1.29 is 4.79 Å². The first kappa shape index (κ1) is 16.9. The molecule has 1 aliphatic heterocycles. The lowest BCUT2D eigenvalue weighted by Gasteiger charge is -2.10. The van der Waals surface area contributed by atoms with E-state index >= 15 is 0 Å². The van der Waals surface area contributed by atoms with Crippen molar-refractivity contribution >= 4 is 39.2 Å². The van der Waals surface area contributed by atoms with Crippen molar-refractivity contribution in [3.05, 3.63) is 81.6 Å². The van der Waals surface area contributed by atoms with Crippen LogP contribution in [-0.4, -0.2) is 17.5 Å². The molecule has 3 nitrogen and oxygen atoms in total. The van der Waals surface area contributed by atoms with Crippen LogP contribution in [-0.2, 0) is 4.79 Å². The molecular weight excluding hydrogens is 388 g/mol. The van der Waals surface area contributed by atoms with E-state index in [2.05, 4.69) is 52.5 Å². The fourth-order valence-electron chi connectivity index (χ4n) is 3.62. The average Bonchev–Trinajstić information content (AvgIpc) is 3.05. The second-order valence-corrected chi connectivity index (χ2v) is 7.49. The molecule has 0 saturated carbocycles. The molecule has 1 amide bonds. The number of carbonyl (C=O) groups excluding carboxylic acids is 1. The van der Waals surface area contributed by atoms with Gasteiger partial charge in [-0.2, -0.15) is 0 Å². The minimum Gasteiger partial charge on any atom is -0.318 e. The van der Waals surface area contributed by atoms with Crippen molar-refractivity contribution in [2.45, 2.75) is 13.8 Å². The molecule has 0 atom stereocenters. The highest BCUT2D eigenvalue weighted by Gasteiger charge is 2.29. The maximum atomic E-state index is 12.7. The van der Waals surface area contributed by atoms with Crippen molar-refractivity contribution in [2.75, 3.05) is 11.9 Å². The molecule has 0 aliphatic carbocycles. The predicted molar refractivity (Wildman–Crippen MR) is 111 cm³/mol. The van der Waals surface area contributed by atoms with E-state index in [4.69, 9.17) is 0 Å². The molecule has 1 aromatic heterocycles. The Bertz CT molecular complexity index is 1040. The van der Waals surface area contributed by atoms with Crippen molar-refractivity contribution in [3.8, 4) is 5.69 Å². The number of para-hydroxylation sites is 1. The number of hydrogen-bond acceptors (Lipinski definition) is 1. The molecule has 0 saturated heterocycles. The molecule has 0 bridgehead atoms. The van der Waals surface area contributed by atoms with Gasteiger partial charge in [-0.05, 0) is 61.9 Å². The van der Waals surface area contributed by atoms with E-state index in [0.29, 0.717) is 0 Å². The minimum atomic E-state index is 0.0413. The number of likely N-dealkylation sites (N-methyl/N-ethyl adjacent to an activating group) is 1. The smallest absolute Gasteiger partial charge is 0.258 e. The van der Waals surface area contributed by atoms with Gasteiger partial charge in [0.05, 0.1) is 5.69 Å². The SMILES string of the molecule is Cc1cc(/C=C2/C(=O)N(C)c3ccccc32)c(C)n1-c1ccc(Br)cc1. The molecule has 3 aromatic rings. The Morgan fingerprint density at radius 1 is 1.00 bits per heavy atom. The number of hydrogen-bond donors (Lipinski definition) is 0. The average molecular weight is 407 g/mol. The first-order valence-electron chi connectivity index (χ1n) is 8.51. The van der Waals surface area contributed by atoms with Crippen molar-refractivity contribution in [1.29, 1.82) is 0 Å². The van der Waals surface area contributed by atoms with Gasteiger partial charge in [0.2, 0.25) is 0 Å². The first-order chi connectivity index (χ1) is 12.5. The van der Waals surface area contributed by atoms with Gasteiger partial charge in [0, 0.05) is 39.7 Å². The normalized spacial score (nSPS) is 15.0. The third-order valence-electron chi connectivity index (χ3n) is 4.95. The number of nitrogens with zero attached hydrogens (tertiary/aromatic N) is 2. The van der Waals surface area contributed by atoms with Crippen LogP contribution in [0.3, 0.4) is 0 Å². The van der Waals surface area contributed by atoms with Crippen molar-refractivity contribution in [3.63, 3.8) is 0 Å². The van der Waals surface area contributed by atoms with Crippen LogP contribution in [0.4, 0.5) is 5.69 Å². The van der Waals surface area contributed by atoms with E-state index in [1.807, 2.05) is 49.5 Å². The first-order valence-corrected chi connectivity index (χ1v) is 9.30. The molecule has 0 radical (unpaired) electrons. The summed E-state index contributed by atoms with van der Waals surface area (Å²) >= 11 is 3.49. The lowest BCUT2D eigenvalue weighted by molar-refractivity contribution is -0.112. The molecular formula is C22H19BrN2O. The van der Waals surface area contributed by atoms with Crippen LogP contribution in [0.15, 0.2) is 59.1 Å². The summed E-state index contributed by atoms with van der Waals surface area (Å²) in [4.78, 5) is 14.4. The Labute approximate surface area is 161 Å². The van der Waals surface area contributed by atoms with Crippen LogP contribution < -0.4 is 4.90 Å². The summed E-state index contributed by atoms with van der Waals surface area (Å²) in [7, 11) is 1.83. The second-order valence-electron chi connectivity index (χ2n) is 6.58. The summed E-state index contributed by atoms with van der Waals surface area (Å²) in [6.45, 7) is 4.18. The van der Waals surface area contributed by atoms with Crippen LogP contribution in [0.2, 0.25) is 0 Å². The summed E-state index contributed by atoms with van der Waals surface area (Å²) < 4.78 is 3.27. The van der Waals surface area contributed by atoms with E-state index in [1.54, 1.807) is 4.90 Å². The molecule has 0 fully saturated rings. The number of aromatic nitrogens is 1. The summed E-state index contributed by atoms with van der Waals surface area (Å²) in [5.41, 5.74) is 7.15. The molecule has 1 aliphatic rings. The minimum absolute atomic E-state index is 0.0413. The Morgan fingerprint density at radius 3 is 2.42 bits per heavy atom. The molecule has 130 valence electrons. The van der Waals surface area contributed by atoms with E-state index in [9.17, 15) is 4.79 Å². The molecule has 2 heterocycles. The van der Waals surface area contributed by atoms with Gasteiger partial charge < -0.3 is 9.47 Å². The number of anilines is 1. The lowest BCUT2D eigenvalue weighted by Crippen LogP contribution is -2.20. The number of amides is 1. The van der Waals surface area contributed by atoms with Crippen LogP contribution >= 0.6 is 15.9 Å². The van der Waals surface area contributed by atoms with Crippen LogP contribution in [0.5, 0.6) is 0 Å². The van der Waals surface area contributed by atoms with Crippen LogP contribution in [0.25, 0.3) is 17.3 Å². The van der Waals surface area contributed by atoms with E-state index in [0.717, 1.165) is 43.9 Å². The van der Waals surface area contributed by atoms with Gasteiger partial charge >= 0.3 is 0 Å². The van der Waals surface area contributed by atoms with E-state index < -0.39 is 0 Å². The Morgan fingerprint density at radius 2 is 1.69 bits per heavy atom. The molecule has 0 spiro atoms. The van der Waals surface area contributed by atoms with Gasteiger partial charge in [-0.15, -0.1) is 0 Å². The van der Waals surface area contributed by atoms with Crippen molar-refractivity contribution in [2.24, 2.45) is 0 Å². The quantitative estimate of drug-likeness (QED) is 0.524. The largest absolute Gasteiger partial charge is 0.318 e. The monoisotopic (exact) mass is 406 g/mol. The van der Waals surface area contributed by atoms with Gasteiger partial charge in [0.15, 0.2) is 0 Å². The number of benzene rings is 2. The third-order valence-corrected chi connectivity index (χ3v) is 5.47. The van der Waals surface area contributed by atoms with Gasteiger partial charge in [0.25, 0.3) is 5.91 Å². The second kappa shape index (κ2) is 6.29. The number of rotatable bonds is 2. The molecule has 0 unspecified atom stereocenters. The lowest BCUT2D eigenvalue weighted by atomic mass is 10.0. The van der Waals surface area contributed by atoms with E-state index in [1.165, 1.54) is 0 Å². The maximum Gasteiger partial charge on any atom is 0.258 e. The zero-order valence-corrected chi connectivity index (χ0v) is 16.5. The summed E-state index contributed by atoms with van der Waals surface area (Å²) in [6, 6.07) is 18.3. The molecule has 4 rings (SSSR count). The fraction of sp³-hybridized carbons (Fsp3) is 0.136. The third kappa shape index (κ3) is 2.61. The zero-order valence-electron chi connectivity index (χ0n) is 15.0. The summed E-state index contributed by atoms with van der Waals surface area (Å²) in [5.74, 6) is 0.0413. The number of fused-ring (bicyclic) bond motifs is 1. The van der Waals surface area contributed by atoms with Gasteiger partial charge in [-0.3, -0.25) is 4.79 Å². The van der Waals surface area contributed by atoms with Gasteiger partial charge in [0.1, 0.15) is 0 Å². The van der Waals surface area contributed by atoms with Crippen molar-refractivity contribution in [1.82, 2.24) is 4.57 Å². The molecule has 4 heteroatoms. The Kier molecular flexibility index (Phi) is 4.08. The topological polar surface area (TPSA) is 25.2 Å². The van der Waals surface area contributed by atoms with Gasteiger partial charge in [-0.25, -0.2) is 0 Å². The van der Waals surface area contributed by atoms with Crippen LogP contribution in [0.1, 0.15) is 22.5 Å². The Balaban J connectivity index is 1.83. The van der Waals surface area contributed by atoms with Gasteiger partial charge in [-0.1, -0.05) is 34.1 Å². The molecule has 0 N–H and O–H groups in total. The number of halogens is 1. The highest BCUT2D eigenvalue weighted by Crippen LogP contribution is 2.37.